The molecule has 2 heterocycles. The fourth-order valence-electron chi connectivity index (χ4n) is 3.25. The Balaban J connectivity index is 1.74. The number of furan rings is 1. The Morgan fingerprint density at radius 3 is 2.44 bits per heavy atom. The minimum absolute atomic E-state index is 0.0269. The molecule has 1 amide bonds. The Morgan fingerprint density at radius 2 is 1.82 bits per heavy atom. The van der Waals surface area contributed by atoms with Crippen LogP contribution in [0.4, 0.5) is 10.2 Å². The molecule has 3 N–H and O–H groups in total. The second-order valence-electron chi connectivity index (χ2n) is 7.77. The molecule has 0 aliphatic rings. The number of nitrogens with two attached hydrogens (primary N) is 1. The van der Waals surface area contributed by atoms with Gasteiger partial charge in [-0.05, 0) is 44.0 Å². The van der Waals surface area contributed by atoms with Gasteiger partial charge < -0.3 is 24.9 Å². The van der Waals surface area contributed by atoms with Crippen molar-refractivity contribution in [3.63, 3.8) is 0 Å². The third-order valence-electron chi connectivity index (χ3n) is 4.94. The summed E-state index contributed by atoms with van der Waals surface area (Å²) in [5, 5.41) is 2.81. The van der Waals surface area contributed by atoms with Gasteiger partial charge in [-0.25, -0.2) is 19.0 Å². The molecular weight excluding hydrogens is 447 g/mol. The van der Waals surface area contributed by atoms with Gasteiger partial charge in [0.05, 0.1) is 12.0 Å². The maximum absolute atomic E-state index is 13.1. The predicted molar refractivity (Wildman–Crippen MR) is 119 cm³/mol. The number of amides is 1. The molecule has 1 atom stereocenters. The van der Waals surface area contributed by atoms with Crippen molar-refractivity contribution >= 4 is 34.8 Å². The van der Waals surface area contributed by atoms with E-state index in [9.17, 15) is 18.8 Å². The van der Waals surface area contributed by atoms with Gasteiger partial charge >= 0.3 is 11.9 Å². The number of halogens is 1. The lowest BCUT2D eigenvalue weighted by Gasteiger charge is -2.20. The quantitative estimate of drug-likeness (QED) is 0.472. The molecule has 0 aliphatic carbocycles. The van der Waals surface area contributed by atoms with Crippen molar-refractivity contribution in [3.8, 4) is 0 Å². The third kappa shape index (κ3) is 5.30. The Bertz CT molecular complexity index is 1220. The molecule has 0 spiro atoms. The van der Waals surface area contributed by atoms with Gasteiger partial charge in [0.25, 0.3) is 5.91 Å². The molecular formula is C23H25FN4O6. The van der Waals surface area contributed by atoms with Gasteiger partial charge in [-0.15, -0.1) is 0 Å². The molecule has 3 rings (SSSR count). The molecule has 11 heteroatoms. The number of esters is 2. The zero-order valence-corrected chi connectivity index (χ0v) is 19.2. The smallest absolute Gasteiger partial charge is 0.342 e. The minimum Gasteiger partial charge on any atom is -0.462 e. The molecule has 0 saturated heterocycles. The highest BCUT2D eigenvalue weighted by Crippen LogP contribution is 2.29. The number of aryl methyl sites for hydroxylation is 1. The molecule has 0 unspecified atom stereocenters. The number of nitrogen functional groups attached to an aromatic ring is 1. The highest BCUT2D eigenvalue weighted by molar-refractivity contribution is 6.07. The van der Waals surface area contributed by atoms with Gasteiger partial charge in [-0.3, -0.25) is 4.79 Å². The summed E-state index contributed by atoms with van der Waals surface area (Å²) in [5.41, 5.74) is 6.42. The van der Waals surface area contributed by atoms with Crippen LogP contribution >= 0.6 is 0 Å². The number of carbonyl (C=O) groups excluding carboxylic acids is 3. The second kappa shape index (κ2) is 10.3. The van der Waals surface area contributed by atoms with Gasteiger partial charge in [0.15, 0.2) is 12.4 Å². The summed E-state index contributed by atoms with van der Waals surface area (Å²) in [6, 6.07) is 3.96. The van der Waals surface area contributed by atoms with E-state index in [1.807, 2.05) is 0 Å². The molecule has 180 valence electrons. The van der Waals surface area contributed by atoms with Gasteiger partial charge in [0.1, 0.15) is 29.0 Å². The number of fused-ring (bicyclic) bond motifs is 1. The van der Waals surface area contributed by atoms with Crippen molar-refractivity contribution in [3.05, 3.63) is 52.8 Å². The second-order valence-corrected chi connectivity index (χ2v) is 7.77. The zero-order valence-electron chi connectivity index (χ0n) is 19.2. The largest absolute Gasteiger partial charge is 0.462 e. The van der Waals surface area contributed by atoms with E-state index in [1.165, 1.54) is 12.1 Å². The van der Waals surface area contributed by atoms with E-state index in [2.05, 4.69) is 15.3 Å². The standard InChI is InChI=1S/C23H25FN4O6/c1-5-32-22(30)16-12(4)34-21-17(16)19(25)26-15(27-21)10-33-23(31)18(11(2)3)28-20(29)13-6-8-14(24)9-7-13/h6-9,11,18H,5,10H2,1-4H3,(H,28,29)(H2,25,26,27)/t18-/m0/s1. The molecule has 0 saturated carbocycles. The highest BCUT2D eigenvalue weighted by Gasteiger charge is 2.28. The molecule has 1 aromatic carbocycles. The van der Waals surface area contributed by atoms with Crippen LogP contribution in [-0.2, 0) is 20.9 Å². The van der Waals surface area contributed by atoms with Crippen LogP contribution in [0.15, 0.2) is 28.7 Å². The van der Waals surface area contributed by atoms with Crippen LogP contribution in [0.5, 0.6) is 0 Å². The van der Waals surface area contributed by atoms with Gasteiger partial charge in [0.2, 0.25) is 5.71 Å². The van der Waals surface area contributed by atoms with Crippen molar-refractivity contribution in [1.82, 2.24) is 15.3 Å². The van der Waals surface area contributed by atoms with Crippen LogP contribution < -0.4 is 11.1 Å². The number of ether oxygens (including phenoxy) is 2. The van der Waals surface area contributed by atoms with Crippen LogP contribution in [0.1, 0.15) is 53.1 Å². The molecule has 0 radical (unpaired) electrons. The van der Waals surface area contributed by atoms with E-state index in [-0.39, 0.29) is 58.8 Å². The van der Waals surface area contributed by atoms with E-state index >= 15 is 0 Å². The summed E-state index contributed by atoms with van der Waals surface area (Å²) in [4.78, 5) is 45.6. The molecule has 0 bridgehead atoms. The number of hydrogen-bond donors (Lipinski definition) is 2. The maximum atomic E-state index is 13.1. The third-order valence-corrected chi connectivity index (χ3v) is 4.94. The van der Waals surface area contributed by atoms with Gasteiger partial charge in [-0.2, -0.15) is 4.98 Å². The van der Waals surface area contributed by atoms with Crippen molar-refractivity contribution in [1.29, 1.82) is 0 Å². The maximum Gasteiger partial charge on any atom is 0.342 e. The normalized spacial score (nSPS) is 11.9. The molecule has 3 aromatic rings. The molecule has 2 aromatic heterocycles. The Kier molecular flexibility index (Phi) is 7.44. The van der Waals surface area contributed by atoms with Gasteiger partial charge in [0, 0.05) is 5.56 Å². The fraction of sp³-hybridized carbons (Fsp3) is 0.348. The molecule has 0 fully saturated rings. The average Bonchev–Trinajstić information content (AvgIpc) is 3.12. The number of rotatable bonds is 8. The number of anilines is 1. The van der Waals surface area contributed by atoms with Crippen LogP contribution in [0.2, 0.25) is 0 Å². The SMILES string of the molecule is CCOC(=O)c1c(C)oc2nc(COC(=O)[C@@H](NC(=O)c3ccc(F)cc3)C(C)C)nc(N)c12. The summed E-state index contributed by atoms with van der Waals surface area (Å²) in [6.07, 6.45) is 0. The van der Waals surface area contributed by atoms with Crippen molar-refractivity contribution < 1.29 is 32.7 Å². The first-order valence-corrected chi connectivity index (χ1v) is 10.6. The summed E-state index contributed by atoms with van der Waals surface area (Å²) < 4.78 is 29.0. The van der Waals surface area contributed by atoms with Crippen molar-refractivity contribution in [2.45, 2.75) is 40.3 Å². The topological polar surface area (TPSA) is 147 Å². The van der Waals surface area contributed by atoms with E-state index in [0.717, 1.165) is 12.1 Å². The summed E-state index contributed by atoms with van der Waals surface area (Å²) in [7, 11) is 0. The summed E-state index contributed by atoms with van der Waals surface area (Å²) >= 11 is 0. The Morgan fingerprint density at radius 1 is 1.15 bits per heavy atom. The van der Waals surface area contributed by atoms with Crippen molar-refractivity contribution in [2.24, 2.45) is 5.92 Å². The number of hydrogen-bond acceptors (Lipinski definition) is 9. The zero-order chi connectivity index (χ0) is 25.0. The first-order valence-electron chi connectivity index (χ1n) is 10.6. The molecule has 10 nitrogen and oxygen atoms in total. The first kappa shape index (κ1) is 24.6. The number of benzene rings is 1. The van der Waals surface area contributed by atoms with E-state index in [4.69, 9.17) is 19.6 Å². The average molecular weight is 472 g/mol. The predicted octanol–water partition coefficient (Wildman–Crippen LogP) is 2.93. The Hall–Kier alpha value is -4.02. The molecule has 34 heavy (non-hydrogen) atoms. The first-order chi connectivity index (χ1) is 16.1. The lowest BCUT2D eigenvalue weighted by atomic mass is 10.0. The molecule has 0 aliphatic heterocycles. The number of nitrogens with zero attached hydrogens (tertiary/aromatic N) is 2. The van der Waals surface area contributed by atoms with E-state index in [1.54, 1.807) is 27.7 Å². The Labute approximate surface area is 194 Å². The number of aromatic nitrogens is 2. The van der Waals surface area contributed by atoms with Crippen LogP contribution in [0.25, 0.3) is 11.1 Å². The van der Waals surface area contributed by atoms with Crippen LogP contribution in [0, 0.1) is 18.7 Å². The van der Waals surface area contributed by atoms with E-state index in [0.29, 0.717) is 0 Å². The van der Waals surface area contributed by atoms with Crippen molar-refractivity contribution in [2.75, 3.05) is 12.3 Å². The van der Waals surface area contributed by atoms with Crippen LogP contribution in [-0.4, -0.2) is 40.5 Å². The van der Waals surface area contributed by atoms with Gasteiger partial charge in [-0.1, -0.05) is 13.8 Å². The van der Waals surface area contributed by atoms with E-state index < -0.39 is 29.7 Å². The summed E-state index contributed by atoms with van der Waals surface area (Å²) in [6.45, 7) is 6.55. The monoisotopic (exact) mass is 472 g/mol. The highest BCUT2D eigenvalue weighted by atomic mass is 19.1. The minimum atomic E-state index is -0.972. The van der Waals surface area contributed by atoms with Crippen LogP contribution in [0.3, 0.4) is 0 Å². The fourth-order valence-corrected chi connectivity index (χ4v) is 3.25. The lowest BCUT2D eigenvalue weighted by Crippen LogP contribution is -2.45. The number of carbonyl (C=O) groups is 3. The lowest BCUT2D eigenvalue weighted by molar-refractivity contribution is -0.148. The number of nitrogens with one attached hydrogen (secondary N) is 1. The summed E-state index contributed by atoms with van der Waals surface area (Å²) in [5.74, 6) is -2.35.